The van der Waals surface area contributed by atoms with Gasteiger partial charge in [0, 0.05) is 20.0 Å². The van der Waals surface area contributed by atoms with Crippen LogP contribution in [0.15, 0.2) is 0 Å². The monoisotopic (exact) mass is 391 g/mol. The van der Waals surface area contributed by atoms with Crippen LogP contribution in [0.1, 0.15) is 71.6 Å². The molecule has 0 radical (unpaired) electrons. The Morgan fingerprint density at radius 1 is 1.14 bits per heavy atom. The summed E-state index contributed by atoms with van der Waals surface area (Å²) in [5.41, 5.74) is -0.775. The minimum Gasteiger partial charge on any atom is -0.365 e. The first-order chi connectivity index (χ1) is 13.2. The lowest BCUT2D eigenvalue weighted by atomic mass is 9.53. The molecule has 3 aliphatic heterocycles. The molecule has 158 valence electrons. The zero-order valence-corrected chi connectivity index (χ0v) is 17.8. The summed E-state index contributed by atoms with van der Waals surface area (Å²) in [7, 11) is 1.72. The van der Waals surface area contributed by atoms with Gasteiger partial charge in [-0.2, -0.15) is 0 Å². The number of carbonyl (C=O) groups excluding carboxylic acids is 2. The molecule has 6 nitrogen and oxygen atoms in total. The smallest absolute Gasteiger partial charge is 0.229 e. The largest absolute Gasteiger partial charge is 0.365 e. The van der Waals surface area contributed by atoms with Crippen molar-refractivity contribution in [1.29, 1.82) is 0 Å². The summed E-state index contributed by atoms with van der Waals surface area (Å²) in [5.74, 6) is 0.746. The average molecular weight is 392 g/mol. The SMILES string of the molecule is CNC(=O)C12CC(CNC(=O)CC3CCCC(C)(C)C3)(C1)OC21CCNCC1. The molecular formula is C22H37N3O3. The first-order valence-corrected chi connectivity index (χ1v) is 11.1. The molecule has 1 unspecified atom stereocenters. The second-order valence-electron chi connectivity index (χ2n) is 10.7. The predicted molar refractivity (Wildman–Crippen MR) is 108 cm³/mol. The van der Waals surface area contributed by atoms with Crippen molar-refractivity contribution in [3.8, 4) is 0 Å². The summed E-state index contributed by atoms with van der Waals surface area (Å²) >= 11 is 0. The van der Waals surface area contributed by atoms with E-state index in [9.17, 15) is 9.59 Å². The maximum absolute atomic E-state index is 12.8. The van der Waals surface area contributed by atoms with Crippen LogP contribution in [0.4, 0.5) is 0 Å². The molecule has 1 spiro atoms. The molecule has 5 aliphatic rings. The number of piperidine rings is 1. The van der Waals surface area contributed by atoms with Gasteiger partial charge in [-0.25, -0.2) is 0 Å². The van der Waals surface area contributed by atoms with Crippen molar-refractivity contribution in [3.63, 3.8) is 0 Å². The maximum Gasteiger partial charge on any atom is 0.229 e. The fourth-order valence-electron chi connectivity index (χ4n) is 6.76. The van der Waals surface area contributed by atoms with E-state index < -0.39 is 5.41 Å². The van der Waals surface area contributed by atoms with Gasteiger partial charge >= 0.3 is 0 Å². The second-order valence-corrected chi connectivity index (χ2v) is 10.7. The molecule has 2 saturated carbocycles. The van der Waals surface area contributed by atoms with E-state index in [1.54, 1.807) is 7.05 Å². The van der Waals surface area contributed by atoms with Gasteiger partial charge in [0.1, 0.15) is 0 Å². The Hall–Kier alpha value is -1.14. The Morgan fingerprint density at radius 3 is 2.50 bits per heavy atom. The molecule has 3 heterocycles. The third kappa shape index (κ3) is 3.26. The standard InChI is InChI=1S/C22H37N3O3/c1-19(2)6-4-5-16(12-19)11-17(26)25-15-20-13-21(14-20,18(27)23-3)22(28-20)7-9-24-10-8-22/h16,24H,4-15H2,1-3H3,(H,23,27)(H,25,26). The van der Waals surface area contributed by atoms with Crippen LogP contribution in [0.25, 0.3) is 0 Å². The highest BCUT2D eigenvalue weighted by Gasteiger charge is 2.77. The molecule has 2 aliphatic carbocycles. The van der Waals surface area contributed by atoms with Gasteiger partial charge in [-0.1, -0.05) is 20.3 Å². The normalized spacial score (nSPS) is 37.9. The Labute approximate surface area is 168 Å². The highest BCUT2D eigenvalue weighted by molar-refractivity contribution is 5.86. The molecule has 3 N–H and O–H groups in total. The van der Waals surface area contributed by atoms with Crippen molar-refractivity contribution in [1.82, 2.24) is 16.0 Å². The Kier molecular flexibility index (Phi) is 5.02. The molecule has 6 heteroatoms. The van der Waals surface area contributed by atoms with Crippen LogP contribution < -0.4 is 16.0 Å². The van der Waals surface area contributed by atoms with E-state index in [2.05, 4.69) is 29.8 Å². The quantitative estimate of drug-likeness (QED) is 0.671. The Morgan fingerprint density at radius 2 is 1.86 bits per heavy atom. The average Bonchev–Trinajstić information content (AvgIpc) is 3.03. The number of ether oxygens (including phenoxy) is 1. The summed E-state index contributed by atoms with van der Waals surface area (Å²) in [4.78, 5) is 25.4. The lowest BCUT2D eigenvalue weighted by molar-refractivity contribution is -0.140. The van der Waals surface area contributed by atoms with Crippen LogP contribution in [0.3, 0.4) is 0 Å². The van der Waals surface area contributed by atoms with Crippen LogP contribution in [-0.2, 0) is 14.3 Å². The summed E-state index contributed by atoms with van der Waals surface area (Å²) < 4.78 is 6.64. The van der Waals surface area contributed by atoms with E-state index in [0.717, 1.165) is 51.6 Å². The number of nitrogens with one attached hydrogen (secondary N) is 3. The summed E-state index contributed by atoms with van der Waals surface area (Å²) in [5, 5.41) is 9.42. The van der Waals surface area contributed by atoms with Crippen molar-refractivity contribution in [2.24, 2.45) is 16.7 Å². The van der Waals surface area contributed by atoms with E-state index in [4.69, 9.17) is 4.74 Å². The fourth-order valence-corrected chi connectivity index (χ4v) is 6.76. The molecular weight excluding hydrogens is 354 g/mol. The van der Waals surface area contributed by atoms with E-state index >= 15 is 0 Å². The highest BCUT2D eigenvalue weighted by atomic mass is 16.5. The van der Waals surface area contributed by atoms with Crippen molar-refractivity contribution in [3.05, 3.63) is 0 Å². The lowest BCUT2D eigenvalue weighted by Gasteiger charge is -2.47. The first kappa shape index (κ1) is 20.1. The van der Waals surface area contributed by atoms with Gasteiger partial charge < -0.3 is 20.7 Å². The molecule has 0 aromatic carbocycles. The Balaban J connectivity index is 1.36. The van der Waals surface area contributed by atoms with E-state index in [-0.39, 0.29) is 23.0 Å². The zero-order chi connectivity index (χ0) is 20.0. The number of rotatable bonds is 5. The van der Waals surface area contributed by atoms with Gasteiger partial charge in [0.2, 0.25) is 11.8 Å². The molecule has 3 saturated heterocycles. The van der Waals surface area contributed by atoms with Crippen molar-refractivity contribution in [2.45, 2.75) is 82.8 Å². The summed E-state index contributed by atoms with van der Waals surface area (Å²) in [6.45, 7) is 6.94. The van der Waals surface area contributed by atoms with Gasteiger partial charge in [0.25, 0.3) is 0 Å². The fraction of sp³-hybridized carbons (Fsp3) is 0.909. The number of amides is 2. The molecule has 5 rings (SSSR count). The van der Waals surface area contributed by atoms with Gasteiger partial charge in [-0.05, 0) is 69.4 Å². The minimum absolute atomic E-state index is 0.110. The number of hydrogen-bond donors (Lipinski definition) is 3. The van der Waals surface area contributed by atoms with Gasteiger partial charge in [-0.3, -0.25) is 9.59 Å². The number of carbonyl (C=O) groups is 2. The van der Waals surface area contributed by atoms with E-state index in [1.165, 1.54) is 12.8 Å². The third-order valence-corrected chi connectivity index (χ3v) is 7.99. The zero-order valence-electron chi connectivity index (χ0n) is 17.8. The summed E-state index contributed by atoms with van der Waals surface area (Å²) in [6.07, 6.45) is 8.61. The molecule has 1 atom stereocenters. The van der Waals surface area contributed by atoms with Crippen molar-refractivity contribution in [2.75, 3.05) is 26.7 Å². The van der Waals surface area contributed by atoms with E-state index in [0.29, 0.717) is 24.3 Å². The van der Waals surface area contributed by atoms with Crippen LogP contribution in [-0.4, -0.2) is 49.7 Å². The Bertz CT molecular complexity index is 633. The minimum atomic E-state index is -0.415. The van der Waals surface area contributed by atoms with Crippen molar-refractivity contribution >= 4 is 11.8 Å². The molecule has 0 aromatic rings. The maximum atomic E-state index is 12.8. The van der Waals surface area contributed by atoms with Gasteiger partial charge in [0.05, 0.1) is 16.6 Å². The van der Waals surface area contributed by atoms with Gasteiger partial charge in [-0.15, -0.1) is 0 Å². The van der Waals surface area contributed by atoms with Gasteiger partial charge in [0.15, 0.2) is 0 Å². The second kappa shape index (κ2) is 6.98. The van der Waals surface area contributed by atoms with Crippen LogP contribution in [0, 0.1) is 16.7 Å². The number of hydrogen-bond acceptors (Lipinski definition) is 4. The molecule has 28 heavy (non-hydrogen) atoms. The van der Waals surface area contributed by atoms with Crippen LogP contribution in [0.5, 0.6) is 0 Å². The predicted octanol–water partition coefficient (Wildman–Crippen LogP) is 2.13. The topological polar surface area (TPSA) is 79.5 Å². The van der Waals surface area contributed by atoms with Crippen LogP contribution in [0.2, 0.25) is 0 Å². The third-order valence-electron chi connectivity index (χ3n) is 7.99. The summed E-state index contributed by atoms with van der Waals surface area (Å²) in [6, 6.07) is 0. The lowest BCUT2D eigenvalue weighted by Crippen LogP contribution is -2.61. The molecule has 0 aromatic heterocycles. The first-order valence-electron chi connectivity index (χ1n) is 11.1. The van der Waals surface area contributed by atoms with Crippen LogP contribution >= 0.6 is 0 Å². The molecule has 2 bridgehead atoms. The van der Waals surface area contributed by atoms with Crippen molar-refractivity contribution < 1.29 is 14.3 Å². The molecule has 2 amide bonds. The van der Waals surface area contributed by atoms with E-state index in [1.807, 2.05) is 0 Å². The highest BCUT2D eigenvalue weighted by Crippen LogP contribution is 2.68. The molecule has 5 fully saturated rings.